The van der Waals surface area contributed by atoms with E-state index >= 15 is 13.2 Å². The number of nitrogens with one attached hydrogen (secondary N) is 1. The van der Waals surface area contributed by atoms with Crippen molar-refractivity contribution in [2.45, 2.75) is 281 Å². The summed E-state index contributed by atoms with van der Waals surface area (Å²) in [6, 6.07) is 0. The molecular formula is C74H111BrF3K2N9O10. The zero-order chi connectivity index (χ0) is 69.1. The molecule has 13 aliphatic rings. The van der Waals surface area contributed by atoms with Gasteiger partial charge in [-0.05, 0) is 294 Å². The molecule has 3 aromatic heterocycles. The van der Waals surface area contributed by atoms with E-state index in [9.17, 15) is 39.8 Å². The first-order valence-electron chi connectivity index (χ1n) is 37.3. The van der Waals surface area contributed by atoms with E-state index < -0.39 is 45.9 Å². The third kappa shape index (κ3) is 16.2. The summed E-state index contributed by atoms with van der Waals surface area (Å²) in [6.07, 6.45) is 33.2. The molecule has 2 unspecified atom stereocenters. The molecule has 0 bridgehead atoms. The number of ketones is 3. The molecule has 3 aromatic rings. The van der Waals surface area contributed by atoms with Crippen molar-refractivity contribution in [1.82, 2.24) is 45.4 Å². The van der Waals surface area contributed by atoms with Crippen molar-refractivity contribution in [3.63, 3.8) is 0 Å². The first-order chi connectivity index (χ1) is 46.0. The fraction of sp³-hybridized carbons (Fsp3) is 0.865. The fourth-order valence-corrected chi connectivity index (χ4v) is 25.1. The van der Waals surface area contributed by atoms with Crippen molar-refractivity contribution in [2.75, 3.05) is 11.9 Å². The Labute approximate surface area is 678 Å². The summed E-state index contributed by atoms with van der Waals surface area (Å²) in [5.74, 6) is 3.33. The van der Waals surface area contributed by atoms with Crippen LogP contribution in [0, 0.1) is 105 Å². The maximum absolute atomic E-state index is 16.4. The Morgan fingerprint density at radius 2 is 0.939 bits per heavy atom. The zero-order valence-corrected chi connectivity index (χ0v) is 68.2. The number of hydrogen-bond acceptors (Lipinski definition) is 16. The van der Waals surface area contributed by atoms with E-state index in [0.717, 1.165) is 122 Å². The molecule has 12 saturated carbocycles. The Hall–Kier alpha value is -0.757. The van der Waals surface area contributed by atoms with Crippen LogP contribution in [-0.4, -0.2) is 136 Å². The van der Waals surface area contributed by atoms with E-state index in [2.05, 4.69) is 77.5 Å². The van der Waals surface area contributed by atoms with Crippen molar-refractivity contribution in [3.8, 4) is 0 Å². The number of halogens is 4. The summed E-state index contributed by atoms with van der Waals surface area (Å²) in [5.41, 5.74) is -5.36. The van der Waals surface area contributed by atoms with Gasteiger partial charge in [0.1, 0.15) is 35.9 Å². The van der Waals surface area contributed by atoms with Gasteiger partial charge in [-0.3, -0.25) is 14.4 Å². The van der Waals surface area contributed by atoms with E-state index in [1.807, 2.05) is 20.8 Å². The summed E-state index contributed by atoms with van der Waals surface area (Å²) < 4.78 is 55.4. The molecule has 1 aliphatic heterocycles. The molecule has 13 fully saturated rings. The predicted molar refractivity (Wildman–Crippen MR) is 356 cm³/mol. The molecule has 0 radical (unpaired) electrons. The molecule has 19 nitrogen and oxygen atoms in total. The topological polar surface area (TPSA) is 273 Å². The van der Waals surface area contributed by atoms with Crippen LogP contribution in [0.25, 0.3) is 0 Å². The first-order valence-corrected chi connectivity index (χ1v) is 38.4. The van der Waals surface area contributed by atoms with Gasteiger partial charge in [0.15, 0.2) is 17.7 Å². The van der Waals surface area contributed by atoms with Crippen LogP contribution in [0.3, 0.4) is 0 Å². The van der Waals surface area contributed by atoms with Crippen molar-refractivity contribution >= 4 is 39.2 Å². The van der Waals surface area contributed by atoms with Crippen LogP contribution in [-0.2, 0) is 41.9 Å². The molecular weight excluding hydrogens is 1390 g/mol. The molecule has 25 atom stereocenters. The number of aromatic amines is 1. The molecule has 16 rings (SSSR count). The average molecular weight is 1500 g/mol. The second-order valence-electron chi connectivity index (χ2n) is 34.6. The SMILES string of the molecule is C[C@@]1(O)CC[C@@]2(F)[C@H](CC[C@H]3[C@@H]4CC[C@H](C(=O)Cn5ccnn5)[C@@]4(C)CC[C@@H]32)C1.C[C@@]1(O)CC[C@@]2(F)[C@H](CC[C@H]3[C@@H]4CC[C@H](C(=O)Cn5nccn5)[C@@]4(C)CC[C@@H]32)C1.C[C@@]1(O)CC[C@]2(F)C3CC[C@]4(C)[C@@H](C(=O)CBr)CC[C@H]4[C@@H]3CC[C@@H]2C1.O=C(O[O-])C1CCCO1.[H-].[K+].[K+].c1cn[nH]n1. The molecule has 0 spiro atoms. The van der Waals surface area contributed by atoms with E-state index in [1.165, 1.54) is 4.80 Å². The van der Waals surface area contributed by atoms with Crippen molar-refractivity contribution < 1.29 is 167 Å². The molecule has 0 amide bonds. The first kappa shape index (κ1) is 80.8. The average Bonchev–Trinajstić information content (AvgIpc) is 1.35. The number of alkyl halides is 4. The quantitative estimate of drug-likeness (QED) is 0.0842. The number of Topliss-reactive ketones (excluding diaryl/α,β-unsaturated/α-hetero) is 3. The van der Waals surface area contributed by atoms with Gasteiger partial charge in [0.25, 0.3) is 0 Å². The zero-order valence-electron chi connectivity index (χ0n) is 61.3. The van der Waals surface area contributed by atoms with Crippen LogP contribution in [0.5, 0.6) is 0 Å². The van der Waals surface area contributed by atoms with Crippen LogP contribution < -0.4 is 108 Å². The van der Waals surface area contributed by atoms with Crippen LogP contribution in [0.1, 0.15) is 229 Å². The van der Waals surface area contributed by atoms with Crippen molar-refractivity contribution in [1.29, 1.82) is 0 Å². The van der Waals surface area contributed by atoms with E-state index in [1.54, 1.807) is 41.9 Å². The van der Waals surface area contributed by atoms with Gasteiger partial charge in [-0.2, -0.15) is 30.4 Å². The summed E-state index contributed by atoms with van der Waals surface area (Å²) in [6.45, 7) is 13.6. The Morgan fingerprint density at radius 1 is 0.535 bits per heavy atom. The summed E-state index contributed by atoms with van der Waals surface area (Å²) in [7, 11) is 0. The van der Waals surface area contributed by atoms with Gasteiger partial charge in [0, 0.05) is 30.6 Å². The largest absolute Gasteiger partial charge is 1.00 e. The maximum Gasteiger partial charge on any atom is 1.00 e. The molecule has 1 saturated heterocycles. The smallest absolute Gasteiger partial charge is 1.00 e. The minimum absolute atomic E-state index is 0. The van der Waals surface area contributed by atoms with E-state index in [-0.39, 0.29) is 192 Å². The number of nitrogens with zero attached hydrogens (tertiary/aromatic N) is 8. The molecule has 0 aromatic carbocycles. The third-order valence-electron chi connectivity index (χ3n) is 29.4. The summed E-state index contributed by atoms with van der Waals surface area (Å²) in [5, 5.41) is 66.7. The number of aromatic nitrogens is 9. The van der Waals surface area contributed by atoms with Crippen molar-refractivity contribution in [2.24, 2.45) is 105 Å². The van der Waals surface area contributed by atoms with Crippen LogP contribution in [0.15, 0.2) is 37.2 Å². The van der Waals surface area contributed by atoms with Crippen LogP contribution in [0.4, 0.5) is 13.2 Å². The molecule has 4 heterocycles. The van der Waals surface area contributed by atoms with Gasteiger partial charge < -0.3 is 31.6 Å². The van der Waals surface area contributed by atoms with Gasteiger partial charge >= 0.3 is 109 Å². The van der Waals surface area contributed by atoms with Crippen LogP contribution in [0.2, 0.25) is 0 Å². The molecule has 12 aliphatic carbocycles. The number of H-pyrrole nitrogens is 1. The number of carbonyl (C=O) groups excluding carboxylic acids is 4. The van der Waals surface area contributed by atoms with Gasteiger partial charge in [-0.1, -0.05) is 41.9 Å². The number of carbonyl (C=O) groups is 4. The number of fused-ring (bicyclic) bond motifs is 15. The van der Waals surface area contributed by atoms with E-state index in [4.69, 9.17) is 4.74 Å². The summed E-state index contributed by atoms with van der Waals surface area (Å²) in [4.78, 5) is 53.7. The molecule has 4 N–H and O–H groups in total. The fourth-order valence-electron chi connectivity index (χ4n) is 24.8. The number of rotatable bonds is 9. The maximum atomic E-state index is 16.4. The van der Waals surface area contributed by atoms with Gasteiger partial charge in [-0.15, -0.1) is 5.10 Å². The van der Waals surface area contributed by atoms with E-state index in [0.29, 0.717) is 124 Å². The minimum Gasteiger partial charge on any atom is -1.00 e. The Balaban J connectivity index is 0.000000157. The second kappa shape index (κ2) is 32.2. The minimum atomic E-state index is -1.12. The number of hydrogen-bond donors (Lipinski definition) is 4. The molecule has 25 heteroatoms. The third-order valence-corrected chi connectivity index (χ3v) is 30.0. The Morgan fingerprint density at radius 3 is 1.28 bits per heavy atom. The van der Waals surface area contributed by atoms with Crippen LogP contribution >= 0.6 is 15.9 Å². The number of ether oxygens (including phenoxy) is 1. The molecule has 99 heavy (non-hydrogen) atoms. The summed E-state index contributed by atoms with van der Waals surface area (Å²) >= 11 is 3.37. The molecule has 542 valence electrons. The van der Waals surface area contributed by atoms with Gasteiger partial charge in [0.2, 0.25) is 0 Å². The standard InChI is InChI=1S/2C23H34FN3O2.C21H32BrFO2.C5H8O4.C2H3N3.2K.H/c1-21(29)9-10-23(24)15(13-21)3-4-16-17-5-6-19(22(17,2)8-7-18(16)23)20(28)14-27-12-11-25-26-27;1-21(29)9-10-23(24)15(13-21)3-4-16-17-5-6-19(22(17,2)8-7-18(16)23)20(28)14-27-25-11-12-26-27;1-19(25)9-10-21(23)13(11-19)3-4-14-15-5-6-17(18(24)12-22)20(15,2)8-7-16(14)21;6-5(9-7)4-2-1-3-8-4;1-2-4-5-3-1;;;/h2*11-12,15-19,29H,3-10,13-14H2,1-2H3;13-17,25H,3-12H2,1-2H3;4,7H,1-3H2;1-2H,(H,3,4,5);;;/q;;;;;2*+1;-1/p-1/t2*15-,16+,17+,18+,19-,21-,22+,23-;13-,14+,15+,16?,17-,19-,20+,21-;;;;;/m111...../s1. The van der Waals surface area contributed by atoms with Crippen molar-refractivity contribution in [3.05, 3.63) is 37.2 Å². The normalized spacial score (nSPS) is 45.5. The van der Waals surface area contributed by atoms with Gasteiger partial charge in [0.05, 0.1) is 53.1 Å². The predicted octanol–water partition coefficient (Wildman–Crippen LogP) is 5.89. The van der Waals surface area contributed by atoms with Gasteiger partial charge in [-0.25, -0.2) is 22.6 Å². The second-order valence-corrected chi connectivity index (χ2v) is 35.2. The number of aliphatic hydroxyl groups is 3. The Kier molecular flexibility index (Phi) is 26.3. The Bertz CT molecular complexity index is 3050. The monoisotopic (exact) mass is 1500 g/mol.